The van der Waals surface area contributed by atoms with Crippen LogP contribution in [0.2, 0.25) is 0 Å². The lowest BCUT2D eigenvalue weighted by Gasteiger charge is -2.06. The van der Waals surface area contributed by atoms with Gasteiger partial charge in [-0.1, -0.05) is 35.0 Å². The second-order valence-corrected chi connectivity index (χ2v) is 4.50. The van der Waals surface area contributed by atoms with Gasteiger partial charge in [-0.2, -0.15) is 0 Å². The third-order valence-electron chi connectivity index (χ3n) is 2.08. The van der Waals surface area contributed by atoms with E-state index in [1.54, 1.807) is 0 Å². The fraction of sp³-hybridized carbons (Fsp3) is 0.417. The Kier molecular flexibility index (Phi) is 6.11. The Bertz CT molecular complexity index is 342. The Morgan fingerprint density at radius 1 is 1.44 bits per heavy atom. The normalized spacial score (nSPS) is 10.1. The molecule has 0 aliphatic heterocycles. The summed E-state index contributed by atoms with van der Waals surface area (Å²) in [5.74, 6) is 0.0526. The Balaban J connectivity index is 2.22. The van der Waals surface area contributed by atoms with Crippen molar-refractivity contribution in [2.24, 2.45) is 0 Å². The average molecular weight is 285 g/mol. The molecular formula is C12H17BrN2O. The fourth-order valence-electron chi connectivity index (χ4n) is 1.29. The Labute approximate surface area is 105 Å². The van der Waals surface area contributed by atoms with Crippen LogP contribution >= 0.6 is 15.9 Å². The first-order chi connectivity index (χ1) is 7.72. The van der Waals surface area contributed by atoms with Crippen LogP contribution in [0.15, 0.2) is 28.7 Å². The zero-order chi connectivity index (χ0) is 11.8. The second-order valence-electron chi connectivity index (χ2n) is 3.58. The first kappa shape index (κ1) is 13.2. The van der Waals surface area contributed by atoms with Gasteiger partial charge in [-0.05, 0) is 24.1 Å². The van der Waals surface area contributed by atoms with Crippen molar-refractivity contribution >= 4 is 21.8 Å². The van der Waals surface area contributed by atoms with Gasteiger partial charge in [-0.3, -0.25) is 4.79 Å². The summed E-state index contributed by atoms with van der Waals surface area (Å²) in [6.45, 7) is 3.86. The van der Waals surface area contributed by atoms with Gasteiger partial charge in [0.15, 0.2) is 0 Å². The van der Waals surface area contributed by atoms with E-state index in [2.05, 4.69) is 26.6 Å². The lowest BCUT2D eigenvalue weighted by molar-refractivity contribution is -0.120. The van der Waals surface area contributed by atoms with Crippen molar-refractivity contribution in [1.82, 2.24) is 10.6 Å². The van der Waals surface area contributed by atoms with Crippen molar-refractivity contribution < 1.29 is 4.79 Å². The second kappa shape index (κ2) is 7.41. The van der Waals surface area contributed by atoms with Gasteiger partial charge >= 0.3 is 0 Å². The van der Waals surface area contributed by atoms with Crippen molar-refractivity contribution in [3.05, 3.63) is 34.3 Å². The van der Waals surface area contributed by atoms with Gasteiger partial charge in [0.1, 0.15) is 0 Å². The van der Waals surface area contributed by atoms with E-state index in [4.69, 9.17) is 0 Å². The third kappa shape index (κ3) is 5.28. The number of amides is 1. The summed E-state index contributed by atoms with van der Waals surface area (Å²) >= 11 is 3.41. The number of hydrogen-bond acceptors (Lipinski definition) is 2. The van der Waals surface area contributed by atoms with E-state index in [-0.39, 0.29) is 5.91 Å². The summed E-state index contributed by atoms with van der Waals surface area (Å²) in [5.41, 5.74) is 1.16. The molecule has 0 fully saturated rings. The van der Waals surface area contributed by atoms with Crippen molar-refractivity contribution in [2.45, 2.75) is 19.9 Å². The van der Waals surface area contributed by atoms with Crippen molar-refractivity contribution in [3.63, 3.8) is 0 Å². The molecule has 0 aliphatic rings. The molecule has 1 aromatic carbocycles. The highest BCUT2D eigenvalue weighted by Gasteiger charge is 1.99. The molecule has 88 valence electrons. The highest BCUT2D eigenvalue weighted by Crippen LogP contribution is 2.10. The minimum atomic E-state index is 0.0526. The van der Waals surface area contributed by atoms with Gasteiger partial charge in [0.25, 0.3) is 0 Å². The predicted molar refractivity (Wildman–Crippen MR) is 69.1 cm³/mol. The standard InChI is InChI=1S/C12H17BrN2O/c1-2-6-15-12(16)9-14-8-10-4-3-5-11(13)7-10/h3-5,7,14H,2,6,8-9H2,1H3,(H,15,16). The van der Waals surface area contributed by atoms with Crippen LogP contribution in [0.25, 0.3) is 0 Å². The summed E-state index contributed by atoms with van der Waals surface area (Å²) in [6.07, 6.45) is 0.970. The lowest BCUT2D eigenvalue weighted by atomic mass is 10.2. The first-order valence-corrected chi connectivity index (χ1v) is 6.23. The third-order valence-corrected chi connectivity index (χ3v) is 2.57. The quantitative estimate of drug-likeness (QED) is 0.840. The molecule has 1 amide bonds. The molecule has 0 bridgehead atoms. The van der Waals surface area contributed by atoms with Crippen LogP contribution in [0.1, 0.15) is 18.9 Å². The minimum Gasteiger partial charge on any atom is -0.355 e. The van der Waals surface area contributed by atoms with Crippen molar-refractivity contribution in [1.29, 1.82) is 0 Å². The maximum Gasteiger partial charge on any atom is 0.233 e. The van der Waals surface area contributed by atoms with Gasteiger partial charge in [-0.25, -0.2) is 0 Å². The number of nitrogens with one attached hydrogen (secondary N) is 2. The molecule has 0 heterocycles. The van der Waals surface area contributed by atoms with Crippen LogP contribution in [0.4, 0.5) is 0 Å². The summed E-state index contributed by atoms with van der Waals surface area (Å²) in [7, 11) is 0. The monoisotopic (exact) mass is 284 g/mol. The van der Waals surface area contributed by atoms with E-state index in [9.17, 15) is 4.79 Å². The van der Waals surface area contributed by atoms with Gasteiger partial charge in [0.05, 0.1) is 6.54 Å². The maximum absolute atomic E-state index is 11.3. The number of carbonyl (C=O) groups excluding carboxylic acids is 1. The maximum atomic E-state index is 11.3. The number of carbonyl (C=O) groups is 1. The summed E-state index contributed by atoms with van der Waals surface area (Å²) in [6, 6.07) is 8.04. The Hall–Kier alpha value is -0.870. The summed E-state index contributed by atoms with van der Waals surface area (Å²) in [5, 5.41) is 5.92. The number of halogens is 1. The molecule has 1 aromatic rings. The van der Waals surface area contributed by atoms with Gasteiger partial charge in [0, 0.05) is 17.6 Å². The van der Waals surface area contributed by atoms with E-state index in [0.29, 0.717) is 13.1 Å². The Morgan fingerprint density at radius 3 is 2.94 bits per heavy atom. The molecule has 0 saturated carbocycles. The van der Waals surface area contributed by atoms with Gasteiger partial charge in [-0.15, -0.1) is 0 Å². The summed E-state index contributed by atoms with van der Waals surface area (Å²) < 4.78 is 1.06. The first-order valence-electron chi connectivity index (χ1n) is 5.44. The topological polar surface area (TPSA) is 41.1 Å². The van der Waals surface area contributed by atoms with Crippen molar-refractivity contribution in [3.8, 4) is 0 Å². The molecule has 0 aliphatic carbocycles. The molecule has 16 heavy (non-hydrogen) atoms. The summed E-state index contributed by atoms with van der Waals surface area (Å²) in [4.78, 5) is 11.3. The van der Waals surface area contributed by atoms with Crippen LogP contribution in [0.5, 0.6) is 0 Å². The highest BCUT2D eigenvalue weighted by atomic mass is 79.9. The molecule has 0 radical (unpaired) electrons. The van der Waals surface area contributed by atoms with Crippen LogP contribution in [-0.2, 0) is 11.3 Å². The molecule has 0 spiro atoms. The molecular weight excluding hydrogens is 268 g/mol. The Morgan fingerprint density at radius 2 is 2.25 bits per heavy atom. The van der Waals surface area contributed by atoms with Crippen LogP contribution in [0.3, 0.4) is 0 Å². The largest absolute Gasteiger partial charge is 0.355 e. The van der Waals surface area contributed by atoms with Crippen LogP contribution in [0, 0.1) is 0 Å². The lowest BCUT2D eigenvalue weighted by Crippen LogP contribution is -2.33. The molecule has 3 nitrogen and oxygen atoms in total. The molecule has 0 atom stereocenters. The van der Waals surface area contributed by atoms with E-state index in [1.165, 1.54) is 0 Å². The van der Waals surface area contributed by atoms with Gasteiger partial charge < -0.3 is 10.6 Å². The van der Waals surface area contributed by atoms with Crippen molar-refractivity contribution in [2.75, 3.05) is 13.1 Å². The van der Waals surface area contributed by atoms with E-state index in [1.807, 2.05) is 31.2 Å². The average Bonchev–Trinajstić information content (AvgIpc) is 2.26. The highest BCUT2D eigenvalue weighted by molar-refractivity contribution is 9.10. The van der Waals surface area contributed by atoms with E-state index >= 15 is 0 Å². The SMILES string of the molecule is CCCNC(=O)CNCc1cccc(Br)c1. The van der Waals surface area contributed by atoms with E-state index < -0.39 is 0 Å². The molecule has 2 N–H and O–H groups in total. The number of benzene rings is 1. The fourth-order valence-corrected chi connectivity index (χ4v) is 1.74. The molecule has 0 saturated heterocycles. The van der Waals surface area contributed by atoms with Crippen LogP contribution < -0.4 is 10.6 Å². The molecule has 0 unspecified atom stereocenters. The number of rotatable bonds is 6. The molecule has 1 rings (SSSR count). The zero-order valence-corrected chi connectivity index (χ0v) is 11.0. The van der Waals surface area contributed by atoms with E-state index in [0.717, 1.165) is 23.0 Å². The number of hydrogen-bond donors (Lipinski definition) is 2. The zero-order valence-electron chi connectivity index (χ0n) is 9.42. The van der Waals surface area contributed by atoms with Gasteiger partial charge in [0.2, 0.25) is 5.91 Å². The predicted octanol–water partition coefficient (Wildman–Crippen LogP) is 2.06. The molecule has 4 heteroatoms. The minimum absolute atomic E-state index is 0.0526. The molecule has 0 aromatic heterocycles. The smallest absolute Gasteiger partial charge is 0.233 e. The van der Waals surface area contributed by atoms with Crippen LogP contribution in [-0.4, -0.2) is 19.0 Å².